The summed E-state index contributed by atoms with van der Waals surface area (Å²) >= 11 is 0. The van der Waals surface area contributed by atoms with Gasteiger partial charge in [-0.3, -0.25) is 0 Å². The van der Waals surface area contributed by atoms with Crippen LogP contribution in [0.1, 0.15) is 18.9 Å². The number of benzene rings is 2. The molecule has 0 saturated carbocycles. The fourth-order valence-electron chi connectivity index (χ4n) is 2.58. The van der Waals surface area contributed by atoms with Crippen molar-refractivity contribution in [2.45, 2.75) is 19.8 Å². The van der Waals surface area contributed by atoms with E-state index in [-0.39, 0.29) is 0 Å². The number of hydrogen-bond acceptors (Lipinski definition) is 4. The average molecular weight is 332 g/mol. The van der Waals surface area contributed by atoms with Crippen molar-refractivity contribution in [3.63, 3.8) is 0 Å². The highest BCUT2D eigenvalue weighted by Gasteiger charge is 2.06. The van der Waals surface area contributed by atoms with Crippen molar-refractivity contribution < 1.29 is 0 Å². The van der Waals surface area contributed by atoms with Gasteiger partial charge in [0.05, 0.1) is 0 Å². The Morgan fingerprint density at radius 2 is 1.36 bits per heavy atom. The van der Waals surface area contributed by atoms with Crippen molar-refractivity contribution in [1.82, 2.24) is 9.97 Å². The van der Waals surface area contributed by atoms with E-state index in [4.69, 9.17) is 0 Å². The van der Waals surface area contributed by atoms with E-state index in [1.807, 2.05) is 42.5 Å². The molecule has 0 unspecified atom stereocenters. The molecule has 128 valence electrons. The molecule has 0 bridgehead atoms. The maximum Gasteiger partial charge on any atom is 0.163 e. The molecule has 25 heavy (non-hydrogen) atoms. The molecule has 0 atom stereocenters. The van der Waals surface area contributed by atoms with E-state index >= 15 is 0 Å². The summed E-state index contributed by atoms with van der Waals surface area (Å²) in [5.41, 5.74) is 2.34. The van der Waals surface area contributed by atoms with Crippen LogP contribution in [-0.2, 0) is 6.42 Å². The van der Waals surface area contributed by atoms with Gasteiger partial charge in [0.25, 0.3) is 0 Å². The maximum atomic E-state index is 4.68. The third-order valence-corrected chi connectivity index (χ3v) is 3.88. The second kappa shape index (κ2) is 8.83. The Kier molecular flexibility index (Phi) is 5.99. The van der Waals surface area contributed by atoms with Gasteiger partial charge in [-0.05, 0) is 18.4 Å². The van der Waals surface area contributed by atoms with Crippen LogP contribution < -0.4 is 10.6 Å². The van der Waals surface area contributed by atoms with Crippen LogP contribution in [-0.4, -0.2) is 23.1 Å². The van der Waals surface area contributed by atoms with Crippen molar-refractivity contribution >= 4 is 11.6 Å². The zero-order chi connectivity index (χ0) is 17.3. The van der Waals surface area contributed by atoms with Gasteiger partial charge in [-0.25, -0.2) is 9.97 Å². The first-order valence-electron chi connectivity index (χ1n) is 8.81. The first-order chi connectivity index (χ1) is 12.3. The van der Waals surface area contributed by atoms with Crippen LogP contribution in [0.5, 0.6) is 0 Å². The second-order valence-electron chi connectivity index (χ2n) is 5.92. The molecule has 3 rings (SSSR count). The number of rotatable bonds is 8. The van der Waals surface area contributed by atoms with Gasteiger partial charge in [0.1, 0.15) is 11.6 Å². The van der Waals surface area contributed by atoms with Crippen molar-refractivity contribution in [2.75, 3.05) is 23.7 Å². The van der Waals surface area contributed by atoms with Gasteiger partial charge < -0.3 is 10.6 Å². The highest BCUT2D eigenvalue weighted by molar-refractivity contribution is 5.61. The van der Waals surface area contributed by atoms with Crippen molar-refractivity contribution in [1.29, 1.82) is 0 Å². The SMILES string of the molecule is CCCNc1cc(NCCc2ccccc2)nc(-c2ccccc2)n1. The van der Waals surface area contributed by atoms with E-state index in [1.54, 1.807) is 0 Å². The largest absolute Gasteiger partial charge is 0.370 e. The third kappa shape index (κ3) is 5.05. The average Bonchev–Trinajstić information content (AvgIpc) is 2.68. The standard InChI is InChI=1S/C21H24N4/c1-2-14-22-19-16-20(23-15-13-17-9-5-3-6-10-17)25-21(24-19)18-11-7-4-8-12-18/h3-12,16H,2,13-15H2,1H3,(H2,22,23,24,25). The number of aromatic nitrogens is 2. The predicted octanol–water partition coefficient (Wildman–Crippen LogP) is 4.62. The minimum Gasteiger partial charge on any atom is -0.370 e. The molecule has 0 spiro atoms. The molecule has 2 aromatic carbocycles. The molecule has 0 fully saturated rings. The number of nitrogens with one attached hydrogen (secondary N) is 2. The van der Waals surface area contributed by atoms with E-state index in [0.29, 0.717) is 0 Å². The van der Waals surface area contributed by atoms with Crippen LogP contribution in [0, 0.1) is 0 Å². The summed E-state index contributed by atoms with van der Waals surface area (Å²) in [6.45, 7) is 3.88. The van der Waals surface area contributed by atoms with Crippen LogP contribution in [0.3, 0.4) is 0 Å². The summed E-state index contributed by atoms with van der Waals surface area (Å²) < 4.78 is 0. The van der Waals surface area contributed by atoms with Crippen LogP contribution in [0.25, 0.3) is 11.4 Å². The van der Waals surface area contributed by atoms with Gasteiger partial charge in [-0.2, -0.15) is 0 Å². The van der Waals surface area contributed by atoms with Gasteiger partial charge in [-0.1, -0.05) is 67.6 Å². The van der Waals surface area contributed by atoms with Crippen LogP contribution in [0.4, 0.5) is 11.6 Å². The lowest BCUT2D eigenvalue weighted by molar-refractivity contribution is 0.961. The molecular formula is C21H24N4. The number of anilines is 2. The molecule has 0 saturated heterocycles. The summed E-state index contributed by atoms with van der Waals surface area (Å²) in [6.07, 6.45) is 2.02. The van der Waals surface area contributed by atoms with E-state index in [9.17, 15) is 0 Å². The fourth-order valence-corrected chi connectivity index (χ4v) is 2.58. The molecule has 0 amide bonds. The molecule has 1 aromatic heterocycles. The Bertz CT molecular complexity index is 772. The van der Waals surface area contributed by atoms with Crippen LogP contribution >= 0.6 is 0 Å². The topological polar surface area (TPSA) is 49.8 Å². The summed E-state index contributed by atoms with van der Waals surface area (Å²) in [5.74, 6) is 2.45. The number of nitrogens with zero attached hydrogens (tertiary/aromatic N) is 2. The second-order valence-corrected chi connectivity index (χ2v) is 5.92. The molecule has 2 N–H and O–H groups in total. The minimum absolute atomic E-state index is 0.740. The van der Waals surface area contributed by atoms with Gasteiger partial charge in [-0.15, -0.1) is 0 Å². The van der Waals surface area contributed by atoms with E-state index in [2.05, 4.69) is 51.8 Å². The Hall–Kier alpha value is -2.88. The zero-order valence-corrected chi connectivity index (χ0v) is 14.6. The normalized spacial score (nSPS) is 10.4. The molecule has 0 aliphatic carbocycles. The lowest BCUT2D eigenvalue weighted by Crippen LogP contribution is -2.09. The van der Waals surface area contributed by atoms with Gasteiger partial charge in [0.15, 0.2) is 5.82 Å². The third-order valence-electron chi connectivity index (χ3n) is 3.88. The minimum atomic E-state index is 0.740. The highest BCUT2D eigenvalue weighted by atomic mass is 15.1. The molecule has 3 aromatic rings. The fraction of sp³-hybridized carbons (Fsp3) is 0.238. The lowest BCUT2D eigenvalue weighted by atomic mass is 10.1. The molecule has 4 heteroatoms. The Balaban J connectivity index is 1.75. The first kappa shape index (κ1) is 17.0. The molecule has 0 radical (unpaired) electrons. The molecule has 0 aliphatic heterocycles. The molecular weight excluding hydrogens is 308 g/mol. The predicted molar refractivity (Wildman–Crippen MR) is 105 cm³/mol. The Labute approximate surface area is 149 Å². The summed E-state index contributed by atoms with van der Waals surface area (Å²) in [5, 5.41) is 6.79. The van der Waals surface area contributed by atoms with Crippen molar-refractivity contribution in [3.8, 4) is 11.4 Å². The summed E-state index contributed by atoms with van der Waals surface area (Å²) in [6, 6.07) is 22.5. The quantitative estimate of drug-likeness (QED) is 0.632. The molecule has 0 aliphatic rings. The van der Waals surface area contributed by atoms with Gasteiger partial charge in [0.2, 0.25) is 0 Å². The maximum absolute atomic E-state index is 4.68. The zero-order valence-electron chi connectivity index (χ0n) is 14.6. The highest BCUT2D eigenvalue weighted by Crippen LogP contribution is 2.20. The smallest absolute Gasteiger partial charge is 0.163 e. The Morgan fingerprint density at radius 1 is 0.760 bits per heavy atom. The molecule has 1 heterocycles. The van der Waals surface area contributed by atoms with Gasteiger partial charge in [0, 0.05) is 24.7 Å². The number of hydrogen-bond donors (Lipinski definition) is 2. The van der Waals surface area contributed by atoms with E-state index < -0.39 is 0 Å². The van der Waals surface area contributed by atoms with Crippen molar-refractivity contribution in [3.05, 3.63) is 72.3 Å². The van der Waals surface area contributed by atoms with Crippen LogP contribution in [0.15, 0.2) is 66.7 Å². The van der Waals surface area contributed by atoms with E-state index in [0.717, 1.165) is 49.0 Å². The van der Waals surface area contributed by atoms with Gasteiger partial charge >= 0.3 is 0 Å². The van der Waals surface area contributed by atoms with Crippen LogP contribution in [0.2, 0.25) is 0 Å². The lowest BCUT2D eigenvalue weighted by Gasteiger charge is -2.11. The first-order valence-corrected chi connectivity index (χ1v) is 8.81. The summed E-state index contributed by atoms with van der Waals surface area (Å²) in [7, 11) is 0. The van der Waals surface area contributed by atoms with Crippen molar-refractivity contribution in [2.24, 2.45) is 0 Å². The Morgan fingerprint density at radius 3 is 2.00 bits per heavy atom. The van der Waals surface area contributed by atoms with E-state index in [1.165, 1.54) is 5.56 Å². The monoisotopic (exact) mass is 332 g/mol. The summed E-state index contributed by atoms with van der Waals surface area (Å²) in [4.78, 5) is 9.33. The molecule has 4 nitrogen and oxygen atoms in total.